The van der Waals surface area contributed by atoms with Gasteiger partial charge in [-0.1, -0.05) is 17.7 Å². The Morgan fingerprint density at radius 1 is 1.23 bits per heavy atom. The fraction of sp³-hybridized carbons (Fsp3) is 0.294. The molecule has 134 valence electrons. The van der Waals surface area contributed by atoms with Gasteiger partial charge in [-0.3, -0.25) is 0 Å². The lowest BCUT2D eigenvalue weighted by molar-refractivity contribution is 0.266. The Morgan fingerprint density at radius 2 is 2.04 bits per heavy atom. The van der Waals surface area contributed by atoms with E-state index in [4.69, 9.17) is 4.74 Å². The molecule has 0 radical (unpaired) electrons. The average molecular weight is 375 g/mol. The van der Waals surface area contributed by atoms with Crippen molar-refractivity contribution in [1.29, 1.82) is 0 Å². The number of rotatable bonds is 6. The number of pyridine rings is 1. The van der Waals surface area contributed by atoms with Crippen LogP contribution in [0.2, 0.25) is 0 Å². The summed E-state index contributed by atoms with van der Waals surface area (Å²) < 4.78 is 34.0. The molecule has 1 aliphatic rings. The van der Waals surface area contributed by atoms with Crippen LogP contribution in [0.15, 0.2) is 35.5 Å². The Balaban J connectivity index is 1.59. The average Bonchev–Trinajstić information content (AvgIpc) is 3.11. The van der Waals surface area contributed by atoms with Gasteiger partial charge in [0.25, 0.3) is 0 Å². The van der Waals surface area contributed by atoms with Crippen molar-refractivity contribution >= 4 is 11.8 Å². The molecule has 0 spiro atoms. The predicted molar refractivity (Wildman–Crippen MR) is 91.6 cm³/mol. The lowest BCUT2D eigenvalue weighted by Crippen LogP contribution is -2.13. The van der Waals surface area contributed by atoms with E-state index >= 15 is 0 Å². The van der Waals surface area contributed by atoms with E-state index in [1.165, 1.54) is 18.6 Å². The number of nitrogens with one attached hydrogen (secondary N) is 1. The Kier molecular flexibility index (Phi) is 4.79. The molecule has 1 N–H and O–H groups in total. The molecule has 0 bridgehead atoms. The first-order valence-corrected chi connectivity index (χ1v) is 9.05. The van der Waals surface area contributed by atoms with E-state index in [1.54, 1.807) is 24.0 Å². The Morgan fingerprint density at radius 3 is 2.69 bits per heavy atom. The van der Waals surface area contributed by atoms with E-state index in [0.717, 1.165) is 17.9 Å². The van der Waals surface area contributed by atoms with Crippen molar-refractivity contribution in [3.05, 3.63) is 47.9 Å². The number of thioether (sulfide) groups is 1. The molecular formula is C17H15F2N5OS. The molecular weight excluding hydrogens is 360 g/mol. The summed E-state index contributed by atoms with van der Waals surface area (Å²) in [6.45, 7) is -0.181. The predicted octanol–water partition coefficient (Wildman–Crippen LogP) is 3.76. The highest BCUT2D eigenvalue weighted by Gasteiger charge is 2.22. The second-order valence-electron chi connectivity index (χ2n) is 5.91. The second kappa shape index (κ2) is 7.36. The zero-order valence-electron chi connectivity index (χ0n) is 13.7. The lowest BCUT2D eigenvalue weighted by atomic mass is 10.00. The maximum Gasteiger partial charge on any atom is 0.211 e. The number of tetrazole rings is 1. The van der Waals surface area contributed by atoms with Crippen molar-refractivity contribution in [3.8, 4) is 16.9 Å². The van der Waals surface area contributed by atoms with Crippen molar-refractivity contribution in [2.75, 3.05) is 0 Å². The number of aromatic nitrogens is 5. The molecule has 26 heavy (non-hydrogen) atoms. The normalized spacial score (nSPS) is 14.2. The molecule has 6 nitrogen and oxygen atoms in total. The van der Waals surface area contributed by atoms with Gasteiger partial charge in [0.05, 0.1) is 0 Å². The summed E-state index contributed by atoms with van der Waals surface area (Å²) in [5.74, 6) is -1.83. The molecule has 0 atom stereocenters. The van der Waals surface area contributed by atoms with E-state index in [1.807, 2.05) is 6.07 Å². The van der Waals surface area contributed by atoms with Crippen molar-refractivity contribution in [2.45, 2.75) is 36.1 Å². The topological polar surface area (TPSA) is 76.6 Å². The van der Waals surface area contributed by atoms with Gasteiger partial charge < -0.3 is 4.74 Å². The van der Waals surface area contributed by atoms with Crippen LogP contribution < -0.4 is 4.74 Å². The number of ether oxygens (including phenoxy) is 1. The molecule has 2 heterocycles. The van der Waals surface area contributed by atoms with Crippen LogP contribution >= 0.6 is 11.8 Å². The van der Waals surface area contributed by atoms with Gasteiger partial charge in [0, 0.05) is 17.0 Å². The van der Waals surface area contributed by atoms with Crippen LogP contribution in [0.5, 0.6) is 5.75 Å². The molecule has 0 amide bonds. The summed E-state index contributed by atoms with van der Waals surface area (Å²) in [6.07, 6.45) is 5.20. The van der Waals surface area contributed by atoms with Gasteiger partial charge in [-0.2, -0.15) is 5.21 Å². The third-order valence-corrected chi connectivity index (χ3v) is 5.50. The van der Waals surface area contributed by atoms with Gasteiger partial charge in [0.1, 0.15) is 5.03 Å². The molecule has 1 aliphatic carbocycles. The van der Waals surface area contributed by atoms with E-state index < -0.39 is 17.4 Å². The van der Waals surface area contributed by atoms with Gasteiger partial charge in [-0.25, -0.2) is 13.8 Å². The maximum absolute atomic E-state index is 14.4. The van der Waals surface area contributed by atoms with Crippen LogP contribution in [0.25, 0.3) is 11.1 Å². The number of H-pyrrole nitrogens is 1. The standard InChI is InChI=1S/C17H15F2N5OS/c18-13-7-10(8-14(19)16(13)25-9-15-21-23-24-22-15)12-5-2-6-20-17(12)26-11-3-1-4-11/h2,5-8,11H,1,3-4,9H2,(H,21,22,23,24). The summed E-state index contributed by atoms with van der Waals surface area (Å²) in [5, 5.41) is 14.3. The van der Waals surface area contributed by atoms with Gasteiger partial charge >= 0.3 is 0 Å². The smallest absolute Gasteiger partial charge is 0.211 e. The van der Waals surface area contributed by atoms with Gasteiger partial charge in [-0.05, 0) is 36.6 Å². The highest BCUT2D eigenvalue weighted by molar-refractivity contribution is 8.00. The van der Waals surface area contributed by atoms with E-state index in [0.29, 0.717) is 16.4 Å². The summed E-state index contributed by atoms with van der Waals surface area (Å²) in [6, 6.07) is 6.10. The molecule has 2 aromatic heterocycles. The van der Waals surface area contributed by atoms with Crippen molar-refractivity contribution in [3.63, 3.8) is 0 Å². The number of nitrogens with zero attached hydrogens (tertiary/aromatic N) is 4. The second-order valence-corrected chi connectivity index (χ2v) is 7.20. The molecule has 1 saturated carbocycles. The fourth-order valence-corrected chi connectivity index (χ4v) is 3.90. The molecule has 1 aromatic carbocycles. The number of aromatic amines is 1. The van der Waals surface area contributed by atoms with E-state index in [2.05, 4.69) is 25.6 Å². The molecule has 0 saturated heterocycles. The monoisotopic (exact) mass is 375 g/mol. The van der Waals surface area contributed by atoms with Crippen LogP contribution in [0.4, 0.5) is 8.78 Å². The summed E-state index contributed by atoms with van der Waals surface area (Å²) in [4.78, 5) is 4.39. The first kappa shape index (κ1) is 16.9. The van der Waals surface area contributed by atoms with Gasteiger partial charge in [-0.15, -0.1) is 22.0 Å². The maximum atomic E-state index is 14.4. The van der Waals surface area contributed by atoms with Gasteiger partial charge in [0.15, 0.2) is 24.0 Å². The summed E-state index contributed by atoms with van der Waals surface area (Å²) in [5.41, 5.74) is 1.15. The molecule has 0 unspecified atom stereocenters. The molecule has 0 aliphatic heterocycles. The van der Waals surface area contributed by atoms with Crippen molar-refractivity contribution < 1.29 is 13.5 Å². The van der Waals surface area contributed by atoms with Crippen LogP contribution in [-0.2, 0) is 6.61 Å². The highest BCUT2D eigenvalue weighted by atomic mass is 32.2. The fourth-order valence-electron chi connectivity index (χ4n) is 2.58. The third kappa shape index (κ3) is 3.52. The zero-order valence-corrected chi connectivity index (χ0v) is 14.5. The van der Waals surface area contributed by atoms with Crippen molar-refractivity contribution in [1.82, 2.24) is 25.6 Å². The SMILES string of the molecule is Fc1cc(-c2cccnc2SC2CCC2)cc(F)c1OCc1nn[nH]n1. The minimum absolute atomic E-state index is 0.181. The summed E-state index contributed by atoms with van der Waals surface area (Å²) in [7, 11) is 0. The molecule has 1 fully saturated rings. The Hall–Kier alpha value is -2.55. The van der Waals surface area contributed by atoms with E-state index in [9.17, 15) is 8.78 Å². The number of hydrogen-bond acceptors (Lipinski definition) is 6. The van der Waals surface area contributed by atoms with E-state index in [-0.39, 0.29) is 12.4 Å². The first-order valence-electron chi connectivity index (χ1n) is 8.17. The minimum atomic E-state index is -0.785. The first-order chi connectivity index (χ1) is 12.7. The number of benzene rings is 1. The molecule has 9 heteroatoms. The zero-order chi connectivity index (χ0) is 17.9. The van der Waals surface area contributed by atoms with Crippen LogP contribution in [0.3, 0.4) is 0 Å². The Labute approximate surface area is 152 Å². The van der Waals surface area contributed by atoms with Crippen LogP contribution in [0, 0.1) is 11.6 Å². The third-order valence-electron chi connectivity index (χ3n) is 4.15. The quantitative estimate of drug-likeness (QED) is 0.707. The lowest BCUT2D eigenvalue weighted by Gasteiger charge is -2.25. The molecule has 3 aromatic rings. The number of halogens is 2. The minimum Gasteiger partial charge on any atom is -0.479 e. The van der Waals surface area contributed by atoms with Crippen LogP contribution in [0.1, 0.15) is 25.1 Å². The largest absolute Gasteiger partial charge is 0.479 e. The molecule has 4 rings (SSSR count). The van der Waals surface area contributed by atoms with Gasteiger partial charge in [0.2, 0.25) is 5.82 Å². The van der Waals surface area contributed by atoms with Crippen LogP contribution in [-0.4, -0.2) is 30.9 Å². The van der Waals surface area contributed by atoms with Crippen molar-refractivity contribution in [2.24, 2.45) is 0 Å². The summed E-state index contributed by atoms with van der Waals surface area (Å²) >= 11 is 1.66. The Bertz CT molecular complexity index is 879. The number of hydrogen-bond donors (Lipinski definition) is 1. The highest BCUT2D eigenvalue weighted by Crippen LogP contribution is 2.40.